The second-order valence-corrected chi connectivity index (χ2v) is 6.68. The van der Waals surface area contributed by atoms with Gasteiger partial charge >= 0.3 is 0 Å². The Bertz CT molecular complexity index is 810. The van der Waals surface area contributed by atoms with E-state index in [0.29, 0.717) is 16.6 Å². The van der Waals surface area contributed by atoms with E-state index in [4.69, 9.17) is 4.74 Å². The summed E-state index contributed by atoms with van der Waals surface area (Å²) in [5.74, 6) is -1.05. The molecule has 1 atom stereocenters. The number of nitrogens with zero attached hydrogens (tertiary/aromatic N) is 1. The molecule has 0 radical (unpaired) electrons. The maximum absolute atomic E-state index is 13.9. The number of amides is 1. The Kier molecular flexibility index (Phi) is 4.58. The minimum Gasteiger partial charge on any atom is -0.453 e. The van der Waals surface area contributed by atoms with Crippen molar-refractivity contribution < 1.29 is 18.3 Å². The predicted octanol–water partition coefficient (Wildman–Crippen LogP) is 5.21. The monoisotopic (exact) mass is 395 g/mol. The van der Waals surface area contributed by atoms with E-state index in [9.17, 15) is 13.6 Å². The van der Waals surface area contributed by atoms with Crippen LogP contribution in [0.25, 0.3) is 0 Å². The molecule has 0 aromatic heterocycles. The molecule has 0 saturated heterocycles. The van der Waals surface area contributed by atoms with E-state index in [1.54, 1.807) is 11.0 Å². The molecule has 0 spiro atoms. The summed E-state index contributed by atoms with van der Waals surface area (Å²) in [6, 6.07) is 6.74. The predicted molar refractivity (Wildman–Crippen MR) is 91.5 cm³/mol. The number of carbonyl (C=O) groups excluding carboxylic acids is 1. The lowest BCUT2D eigenvalue weighted by Crippen LogP contribution is -2.40. The number of halogens is 3. The molecule has 0 aliphatic carbocycles. The number of ether oxygens (including phenoxy) is 1. The standard InChI is InChI=1S/C18H16BrF2NO2/c1-10-3-5-13-16(22(10)11(2)23)8-6-14(19)18(13)24-17-9-12(20)4-7-15(17)21/h4,6-10H,3,5H2,1-2H3/t10-/m0/s1. The third-order valence-corrected chi connectivity index (χ3v) is 4.77. The second kappa shape index (κ2) is 6.51. The zero-order chi connectivity index (χ0) is 17.4. The second-order valence-electron chi connectivity index (χ2n) is 5.83. The molecule has 0 fully saturated rings. The average molecular weight is 396 g/mol. The Labute approximate surface area is 147 Å². The van der Waals surface area contributed by atoms with Gasteiger partial charge in [0.1, 0.15) is 11.6 Å². The Morgan fingerprint density at radius 2 is 2.04 bits per heavy atom. The first-order valence-corrected chi connectivity index (χ1v) is 8.42. The number of fused-ring (bicyclic) bond motifs is 1. The van der Waals surface area contributed by atoms with Crippen LogP contribution in [0.3, 0.4) is 0 Å². The van der Waals surface area contributed by atoms with Gasteiger partial charge in [-0.3, -0.25) is 4.79 Å². The van der Waals surface area contributed by atoms with Crippen molar-refractivity contribution in [2.45, 2.75) is 32.7 Å². The summed E-state index contributed by atoms with van der Waals surface area (Å²) >= 11 is 3.40. The highest BCUT2D eigenvalue weighted by Gasteiger charge is 2.29. The summed E-state index contributed by atoms with van der Waals surface area (Å²) < 4.78 is 33.6. The van der Waals surface area contributed by atoms with Crippen molar-refractivity contribution in [3.63, 3.8) is 0 Å². The summed E-state index contributed by atoms with van der Waals surface area (Å²) in [7, 11) is 0. The number of hydrogen-bond donors (Lipinski definition) is 0. The van der Waals surface area contributed by atoms with E-state index in [-0.39, 0.29) is 17.7 Å². The first-order chi connectivity index (χ1) is 11.4. The summed E-state index contributed by atoms with van der Waals surface area (Å²) in [5.41, 5.74) is 1.55. The van der Waals surface area contributed by atoms with Gasteiger partial charge in [-0.25, -0.2) is 8.78 Å². The van der Waals surface area contributed by atoms with Crippen molar-refractivity contribution in [1.29, 1.82) is 0 Å². The largest absolute Gasteiger partial charge is 0.453 e. The minimum absolute atomic E-state index is 0.0614. The van der Waals surface area contributed by atoms with E-state index in [2.05, 4.69) is 15.9 Å². The number of benzene rings is 2. The van der Waals surface area contributed by atoms with Gasteiger partial charge in [-0.2, -0.15) is 0 Å². The van der Waals surface area contributed by atoms with Crippen molar-refractivity contribution in [3.8, 4) is 11.5 Å². The maximum Gasteiger partial charge on any atom is 0.224 e. The summed E-state index contributed by atoms with van der Waals surface area (Å²) in [5, 5.41) is 0. The van der Waals surface area contributed by atoms with Gasteiger partial charge in [0.2, 0.25) is 5.91 Å². The Hall–Kier alpha value is -1.95. The normalized spacial score (nSPS) is 16.7. The molecule has 2 aromatic carbocycles. The number of anilines is 1. The van der Waals surface area contributed by atoms with E-state index in [1.165, 1.54) is 6.92 Å². The lowest BCUT2D eigenvalue weighted by Gasteiger charge is -2.35. The van der Waals surface area contributed by atoms with Gasteiger partial charge in [0.05, 0.1) is 10.2 Å². The van der Waals surface area contributed by atoms with Gasteiger partial charge in [0.15, 0.2) is 11.6 Å². The molecule has 1 amide bonds. The number of hydrogen-bond acceptors (Lipinski definition) is 2. The lowest BCUT2D eigenvalue weighted by molar-refractivity contribution is -0.117. The van der Waals surface area contributed by atoms with E-state index in [1.807, 2.05) is 13.0 Å². The Morgan fingerprint density at radius 3 is 2.75 bits per heavy atom. The molecular weight excluding hydrogens is 380 g/mol. The topological polar surface area (TPSA) is 29.5 Å². The van der Waals surface area contributed by atoms with Gasteiger partial charge in [0, 0.05) is 24.6 Å². The third kappa shape index (κ3) is 3.02. The highest BCUT2D eigenvalue weighted by atomic mass is 79.9. The van der Waals surface area contributed by atoms with Crippen molar-refractivity contribution >= 4 is 27.5 Å². The van der Waals surface area contributed by atoms with Crippen LogP contribution in [0.4, 0.5) is 14.5 Å². The van der Waals surface area contributed by atoms with Crippen LogP contribution in [0.1, 0.15) is 25.8 Å². The molecule has 1 aliphatic heterocycles. The smallest absolute Gasteiger partial charge is 0.224 e. The van der Waals surface area contributed by atoms with Crippen molar-refractivity contribution in [2.24, 2.45) is 0 Å². The van der Waals surface area contributed by atoms with Crippen molar-refractivity contribution in [2.75, 3.05) is 4.90 Å². The molecule has 0 unspecified atom stereocenters. The van der Waals surface area contributed by atoms with E-state index >= 15 is 0 Å². The van der Waals surface area contributed by atoms with Crippen LogP contribution in [0.15, 0.2) is 34.8 Å². The molecule has 3 rings (SSSR count). The van der Waals surface area contributed by atoms with Gasteiger partial charge in [0.25, 0.3) is 0 Å². The molecule has 1 heterocycles. The van der Waals surface area contributed by atoms with Crippen LogP contribution < -0.4 is 9.64 Å². The van der Waals surface area contributed by atoms with Crippen LogP contribution >= 0.6 is 15.9 Å². The lowest BCUT2D eigenvalue weighted by atomic mass is 9.95. The van der Waals surface area contributed by atoms with Crippen LogP contribution in [0.5, 0.6) is 11.5 Å². The molecule has 126 valence electrons. The fourth-order valence-corrected chi connectivity index (χ4v) is 3.48. The Balaban J connectivity index is 2.09. The maximum atomic E-state index is 13.9. The summed E-state index contributed by atoms with van der Waals surface area (Å²) in [6.07, 6.45) is 1.46. The fraction of sp³-hybridized carbons (Fsp3) is 0.278. The third-order valence-electron chi connectivity index (χ3n) is 4.14. The van der Waals surface area contributed by atoms with Crippen LogP contribution in [0, 0.1) is 11.6 Å². The van der Waals surface area contributed by atoms with Crippen LogP contribution in [-0.2, 0) is 11.2 Å². The van der Waals surface area contributed by atoms with Gasteiger partial charge < -0.3 is 9.64 Å². The Morgan fingerprint density at radius 1 is 1.29 bits per heavy atom. The number of carbonyl (C=O) groups is 1. The molecule has 1 aliphatic rings. The quantitative estimate of drug-likeness (QED) is 0.698. The first kappa shape index (κ1) is 16.9. The molecule has 0 saturated carbocycles. The van der Waals surface area contributed by atoms with Gasteiger partial charge in [-0.15, -0.1) is 0 Å². The molecule has 3 nitrogen and oxygen atoms in total. The fourth-order valence-electron chi connectivity index (χ4n) is 3.03. The summed E-state index contributed by atoms with van der Waals surface area (Å²) in [4.78, 5) is 13.7. The molecular formula is C18H16BrF2NO2. The SMILES string of the molecule is CC(=O)N1c2ccc(Br)c(Oc3cc(F)ccc3F)c2CC[C@@H]1C. The van der Waals surface area contributed by atoms with Gasteiger partial charge in [-0.1, -0.05) is 0 Å². The van der Waals surface area contributed by atoms with E-state index in [0.717, 1.165) is 35.9 Å². The highest BCUT2D eigenvalue weighted by molar-refractivity contribution is 9.10. The van der Waals surface area contributed by atoms with E-state index < -0.39 is 11.6 Å². The highest BCUT2D eigenvalue weighted by Crippen LogP contribution is 2.43. The number of rotatable bonds is 2. The van der Waals surface area contributed by atoms with Crippen LogP contribution in [-0.4, -0.2) is 11.9 Å². The summed E-state index contributed by atoms with van der Waals surface area (Å²) in [6.45, 7) is 3.50. The molecule has 2 aromatic rings. The molecule has 24 heavy (non-hydrogen) atoms. The van der Waals surface area contributed by atoms with Crippen molar-refractivity contribution in [1.82, 2.24) is 0 Å². The molecule has 0 bridgehead atoms. The first-order valence-electron chi connectivity index (χ1n) is 7.62. The minimum atomic E-state index is -0.645. The zero-order valence-electron chi connectivity index (χ0n) is 13.3. The molecule has 6 heteroatoms. The molecule has 0 N–H and O–H groups in total. The zero-order valence-corrected chi connectivity index (χ0v) is 14.9. The average Bonchev–Trinajstić information content (AvgIpc) is 2.52. The van der Waals surface area contributed by atoms with Gasteiger partial charge in [-0.05, 0) is 60.0 Å². The van der Waals surface area contributed by atoms with Crippen molar-refractivity contribution in [3.05, 3.63) is 52.0 Å². The van der Waals surface area contributed by atoms with Crippen LogP contribution in [0.2, 0.25) is 0 Å².